The number of rotatable bonds is 6. The molecule has 0 spiro atoms. The molecule has 1 aliphatic carbocycles. The van der Waals surface area contributed by atoms with Gasteiger partial charge in [-0.05, 0) is 106 Å². The fraction of sp³-hybridized carbons (Fsp3) is 0.0526. The molecule has 11 aromatic rings. The van der Waals surface area contributed by atoms with Gasteiger partial charge in [0.2, 0.25) is 0 Å². The van der Waals surface area contributed by atoms with Crippen molar-refractivity contribution in [2.45, 2.75) is 19.3 Å². The summed E-state index contributed by atoms with van der Waals surface area (Å²) in [4.78, 5) is 2.44. The monoisotopic (exact) mass is 784 g/mol. The van der Waals surface area contributed by atoms with Gasteiger partial charge in [-0.2, -0.15) is 0 Å². The maximum Gasteiger partial charge on any atom is 0.0634 e. The van der Waals surface area contributed by atoms with Crippen LogP contribution in [0.4, 0.5) is 17.1 Å². The lowest BCUT2D eigenvalue weighted by atomic mass is 9.82. The van der Waals surface area contributed by atoms with Gasteiger partial charge in [0.05, 0.1) is 11.0 Å². The number of anilines is 3. The molecule has 2 aromatic heterocycles. The average molecular weight is 785 g/mol. The van der Waals surface area contributed by atoms with E-state index in [1.807, 2.05) is 11.3 Å². The molecule has 284 valence electrons. The van der Waals surface area contributed by atoms with Crippen molar-refractivity contribution in [1.82, 2.24) is 4.57 Å². The third kappa shape index (κ3) is 5.26. The lowest BCUT2D eigenvalue weighted by molar-refractivity contribution is 0.660. The van der Waals surface area contributed by atoms with E-state index < -0.39 is 0 Å². The normalized spacial score (nSPS) is 13.0. The third-order valence-corrected chi connectivity index (χ3v) is 14.0. The van der Waals surface area contributed by atoms with E-state index in [-0.39, 0.29) is 5.41 Å². The Morgan fingerprint density at radius 1 is 0.433 bits per heavy atom. The van der Waals surface area contributed by atoms with Crippen molar-refractivity contribution in [3.63, 3.8) is 0 Å². The predicted octanol–water partition coefficient (Wildman–Crippen LogP) is 16.3. The molecule has 60 heavy (non-hydrogen) atoms. The molecule has 3 heteroatoms. The standard InChI is InChI=1S/C57H40N2S/c1-57(2)50-25-12-9-22-44(50)45-33-32-43(35-51(45)57)58(41-30-28-38(29-31-41)37-16-5-3-6-17-37)42-21-15-18-39(34-42)48-36-49-46-23-10-13-26-52(46)59(40-19-7-4-8-20-40)55(49)54-47-24-11-14-27-53(47)60-56(48)54/h3-36H,1-2H3. The average Bonchev–Trinajstić information content (AvgIpc) is 3.93. The first-order valence-corrected chi connectivity index (χ1v) is 21.6. The summed E-state index contributed by atoms with van der Waals surface area (Å²) in [6.45, 7) is 4.73. The molecule has 0 radical (unpaired) electrons. The number of benzene rings is 9. The molecule has 0 atom stereocenters. The molecule has 0 saturated heterocycles. The van der Waals surface area contributed by atoms with Crippen LogP contribution in [-0.4, -0.2) is 4.57 Å². The van der Waals surface area contributed by atoms with Gasteiger partial charge in [-0.25, -0.2) is 0 Å². The fourth-order valence-corrected chi connectivity index (χ4v) is 11.2. The van der Waals surface area contributed by atoms with Crippen molar-refractivity contribution < 1.29 is 0 Å². The lowest BCUT2D eigenvalue weighted by Crippen LogP contribution is -2.16. The Labute approximate surface area is 353 Å². The topological polar surface area (TPSA) is 8.17 Å². The second kappa shape index (κ2) is 13.4. The van der Waals surface area contributed by atoms with Gasteiger partial charge in [-0.15, -0.1) is 11.3 Å². The molecule has 0 unspecified atom stereocenters. The van der Waals surface area contributed by atoms with E-state index in [2.05, 4.69) is 230 Å². The molecule has 2 nitrogen and oxygen atoms in total. The van der Waals surface area contributed by atoms with E-state index in [0.717, 1.165) is 17.1 Å². The van der Waals surface area contributed by atoms with Crippen LogP contribution in [-0.2, 0) is 5.41 Å². The van der Waals surface area contributed by atoms with E-state index in [1.54, 1.807) is 0 Å². The summed E-state index contributed by atoms with van der Waals surface area (Å²) in [5.74, 6) is 0. The van der Waals surface area contributed by atoms with Crippen LogP contribution in [0.1, 0.15) is 25.0 Å². The molecule has 2 heterocycles. The van der Waals surface area contributed by atoms with Crippen LogP contribution in [0.25, 0.3) is 81.0 Å². The largest absolute Gasteiger partial charge is 0.310 e. The Morgan fingerprint density at radius 2 is 1.07 bits per heavy atom. The first kappa shape index (κ1) is 34.8. The highest BCUT2D eigenvalue weighted by molar-refractivity contribution is 7.26. The van der Waals surface area contributed by atoms with Crippen LogP contribution >= 0.6 is 11.3 Å². The lowest BCUT2D eigenvalue weighted by Gasteiger charge is -2.28. The van der Waals surface area contributed by atoms with E-state index in [4.69, 9.17) is 0 Å². The predicted molar refractivity (Wildman–Crippen MR) is 257 cm³/mol. The molecular weight excluding hydrogens is 745 g/mol. The minimum absolute atomic E-state index is 0.117. The maximum atomic E-state index is 2.47. The molecular formula is C57H40N2S. The highest BCUT2D eigenvalue weighted by atomic mass is 32.1. The van der Waals surface area contributed by atoms with Gasteiger partial charge < -0.3 is 9.47 Å². The van der Waals surface area contributed by atoms with Crippen molar-refractivity contribution in [1.29, 1.82) is 0 Å². The smallest absolute Gasteiger partial charge is 0.0634 e. The van der Waals surface area contributed by atoms with E-state index in [0.29, 0.717) is 0 Å². The summed E-state index contributed by atoms with van der Waals surface area (Å²) >= 11 is 1.90. The summed E-state index contributed by atoms with van der Waals surface area (Å²) in [7, 11) is 0. The molecule has 0 aliphatic heterocycles. The van der Waals surface area contributed by atoms with Gasteiger partial charge in [0.25, 0.3) is 0 Å². The van der Waals surface area contributed by atoms with E-state index in [9.17, 15) is 0 Å². The highest BCUT2D eigenvalue weighted by Gasteiger charge is 2.36. The number of thiophene rings is 1. The molecule has 1 aliphatic rings. The van der Waals surface area contributed by atoms with Gasteiger partial charge >= 0.3 is 0 Å². The molecule has 12 rings (SSSR count). The maximum absolute atomic E-state index is 2.47. The Hall–Kier alpha value is -7.20. The van der Waals surface area contributed by atoms with Crippen LogP contribution in [0.5, 0.6) is 0 Å². The van der Waals surface area contributed by atoms with E-state index in [1.165, 1.54) is 92.2 Å². The third-order valence-electron chi connectivity index (χ3n) is 12.8. The SMILES string of the molecule is CC1(C)c2ccccc2-c2ccc(N(c3ccc(-c4ccccc4)cc3)c3cccc(-c4cc5c6ccccc6n(-c6ccccc6)c5c5c4sc4ccccc45)c3)cc21. The van der Waals surface area contributed by atoms with Crippen LogP contribution < -0.4 is 4.90 Å². The number of aromatic nitrogens is 1. The van der Waals surface area contributed by atoms with E-state index >= 15 is 0 Å². The number of hydrogen-bond donors (Lipinski definition) is 0. The summed E-state index contributed by atoms with van der Waals surface area (Å²) < 4.78 is 5.07. The van der Waals surface area contributed by atoms with Gasteiger partial charge in [0, 0.05) is 64.7 Å². The summed E-state index contributed by atoms with van der Waals surface area (Å²) in [5.41, 5.74) is 17.2. The number of fused-ring (bicyclic) bond motifs is 10. The summed E-state index contributed by atoms with van der Waals surface area (Å²) in [6, 6.07) is 76.0. The van der Waals surface area contributed by atoms with Crippen LogP contribution in [0.2, 0.25) is 0 Å². The number of para-hydroxylation sites is 2. The quantitative estimate of drug-likeness (QED) is 0.163. The number of hydrogen-bond acceptors (Lipinski definition) is 2. The van der Waals surface area contributed by atoms with Gasteiger partial charge in [-0.1, -0.05) is 153 Å². The van der Waals surface area contributed by atoms with Crippen LogP contribution in [0.3, 0.4) is 0 Å². The number of nitrogens with zero attached hydrogens (tertiary/aromatic N) is 2. The van der Waals surface area contributed by atoms with Crippen molar-refractivity contribution in [3.05, 3.63) is 217 Å². The Kier molecular flexibility index (Phi) is 7.79. The molecule has 0 amide bonds. The highest BCUT2D eigenvalue weighted by Crippen LogP contribution is 2.52. The molecule has 0 fully saturated rings. The second-order valence-corrected chi connectivity index (χ2v) is 17.6. The zero-order valence-electron chi connectivity index (χ0n) is 33.4. The zero-order chi connectivity index (χ0) is 40.0. The Morgan fingerprint density at radius 3 is 1.90 bits per heavy atom. The first-order chi connectivity index (χ1) is 29.5. The van der Waals surface area contributed by atoms with Crippen LogP contribution in [0, 0.1) is 0 Å². The van der Waals surface area contributed by atoms with Gasteiger partial charge in [-0.3, -0.25) is 0 Å². The molecule has 0 N–H and O–H groups in total. The van der Waals surface area contributed by atoms with Crippen molar-refractivity contribution in [3.8, 4) is 39.1 Å². The second-order valence-electron chi connectivity index (χ2n) is 16.5. The summed E-state index contributed by atoms with van der Waals surface area (Å²) in [5, 5.41) is 5.12. The Balaban J connectivity index is 1.09. The summed E-state index contributed by atoms with van der Waals surface area (Å²) in [6.07, 6.45) is 0. The fourth-order valence-electron chi connectivity index (χ4n) is 9.92. The zero-order valence-corrected chi connectivity index (χ0v) is 34.2. The minimum Gasteiger partial charge on any atom is -0.310 e. The van der Waals surface area contributed by atoms with Crippen molar-refractivity contribution in [2.75, 3.05) is 4.90 Å². The molecule has 0 saturated carbocycles. The van der Waals surface area contributed by atoms with Gasteiger partial charge in [0.15, 0.2) is 0 Å². The Bertz CT molecular complexity index is 3450. The molecule has 9 aromatic carbocycles. The van der Waals surface area contributed by atoms with Crippen molar-refractivity contribution in [2.24, 2.45) is 0 Å². The molecule has 0 bridgehead atoms. The van der Waals surface area contributed by atoms with Crippen LogP contribution in [0.15, 0.2) is 206 Å². The van der Waals surface area contributed by atoms with Gasteiger partial charge in [0.1, 0.15) is 0 Å². The van der Waals surface area contributed by atoms with Crippen molar-refractivity contribution >= 4 is 70.4 Å². The minimum atomic E-state index is -0.117. The first-order valence-electron chi connectivity index (χ1n) is 20.8.